The second-order valence-electron chi connectivity index (χ2n) is 12.1. The largest absolute Gasteiger partial charge is 0.394 e. The van der Waals surface area contributed by atoms with E-state index in [-0.39, 0.29) is 30.2 Å². The van der Waals surface area contributed by atoms with Gasteiger partial charge in [-0.05, 0) is 50.7 Å². The van der Waals surface area contributed by atoms with Crippen molar-refractivity contribution in [2.24, 2.45) is 17.8 Å². The number of amides is 3. The zero-order chi connectivity index (χ0) is 29.6. The molecule has 3 saturated heterocycles. The number of benzene rings is 1. The van der Waals surface area contributed by atoms with Crippen LogP contribution in [0.15, 0.2) is 43.5 Å². The molecule has 0 saturated carbocycles. The smallest absolute Gasteiger partial charge is 0.251 e. The van der Waals surface area contributed by atoms with Crippen molar-refractivity contribution in [3.8, 4) is 0 Å². The van der Waals surface area contributed by atoms with Crippen LogP contribution < -0.4 is 4.90 Å². The number of rotatable bonds is 11. The maximum absolute atomic E-state index is 15.0. The summed E-state index contributed by atoms with van der Waals surface area (Å²) in [5.74, 6) is -1.63. The molecular weight excluding hydrogens is 522 g/mol. The van der Waals surface area contributed by atoms with Gasteiger partial charge in [0, 0.05) is 30.6 Å². The van der Waals surface area contributed by atoms with Crippen LogP contribution in [0.4, 0.5) is 5.69 Å². The molecule has 8 heteroatoms. The predicted octanol–water partition coefficient (Wildman–Crippen LogP) is 4.36. The molecule has 3 fully saturated rings. The molecule has 0 radical (unpaired) electrons. The van der Waals surface area contributed by atoms with E-state index in [0.29, 0.717) is 19.5 Å². The third-order valence-electron chi connectivity index (χ3n) is 9.63. The lowest BCUT2D eigenvalue weighted by Gasteiger charge is -2.41. The fraction of sp³-hybridized carbons (Fsp3) is 0.594. The lowest BCUT2D eigenvalue weighted by Crippen LogP contribution is -2.59. The maximum Gasteiger partial charge on any atom is 0.251 e. The average Bonchev–Trinajstić information content (AvgIpc) is 3.48. The number of aliphatic hydroxyl groups is 1. The van der Waals surface area contributed by atoms with Gasteiger partial charge in [0.2, 0.25) is 11.8 Å². The first-order chi connectivity index (χ1) is 18.9. The molecule has 3 aliphatic rings. The number of likely N-dealkylation sites (N-methyl/N-ethyl adjacent to an activating group) is 1. The van der Waals surface area contributed by atoms with Gasteiger partial charge in [-0.15, -0.1) is 24.9 Å². The highest BCUT2D eigenvalue weighted by Gasteiger charge is 2.78. The molecule has 2 bridgehead atoms. The van der Waals surface area contributed by atoms with E-state index in [9.17, 15) is 19.5 Å². The second-order valence-corrected chi connectivity index (χ2v) is 14.0. The third-order valence-corrected chi connectivity index (χ3v) is 11.6. The zero-order valence-corrected chi connectivity index (χ0v) is 25.7. The summed E-state index contributed by atoms with van der Waals surface area (Å²) in [6, 6.07) is 4.62. The van der Waals surface area contributed by atoms with Gasteiger partial charge < -0.3 is 19.8 Å². The first-order valence-electron chi connectivity index (χ1n) is 14.4. The zero-order valence-electron chi connectivity index (χ0n) is 24.9. The maximum atomic E-state index is 15.0. The van der Waals surface area contributed by atoms with E-state index >= 15 is 0 Å². The Balaban J connectivity index is 1.91. The molecule has 1 N–H and O–H groups in total. The lowest BCUT2D eigenvalue weighted by atomic mass is 9.66. The standard InChI is InChI=1S/C32H45N3O4S/c1-9-17-33(8)28(37)24-25-29(38)35(23(19-36)20(4)11-3)27(32(25)16-15-31(24,7)40-32)30(39)34(18-10-2)26-21(5)13-12-14-22(26)6/h9-10,12-14,20,23-25,27,36H,1-2,11,15-19H2,3-8H3/t20-,23-,24-,25-,27?,31+,32?/m0/s1. The van der Waals surface area contributed by atoms with Crippen LogP contribution in [-0.4, -0.2) is 80.9 Å². The Morgan fingerprint density at radius 3 is 2.35 bits per heavy atom. The molecule has 1 aromatic rings. The summed E-state index contributed by atoms with van der Waals surface area (Å²) < 4.78 is -1.21. The Kier molecular flexibility index (Phi) is 8.63. The van der Waals surface area contributed by atoms with Crippen molar-refractivity contribution in [2.75, 3.05) is 31.6 Å². The Bertz CT molecular complexity index is 1180. The molecule has 3 amide bonds. The number of carbonyl (C=O) groups excluding carboxylic acids is 3. The molecule has 2 unspecified atom stereocenters. The van der Waals surface area contributed by atoms with Crippen molar-refractivity contribution < 1.29 is 19.5 Å². The minimum Gasteiger partial charge on any atom is -0.394 e. The first kappa shape index (κ1) is 30.4. The van der Waals surface area contributed by atoms with Crippen LogP contribution in [0, 0.1) is 31.6 Å². The van der Waals surface area contributed by atoms with Crippen LogP contribution in [0.5, 0.6) is 0 Å². The molecule has 1 aromatic carbocycles. The van der Waals surface area contributed by atoms with Gasteiger partial charge in [-0.1, -0.05) is 50.6 Å². The second kappa shape index (κ2) is 11.4. The van der Waals surface area contributed by atoms with Crippen molar-refractivity contribution in [3.05, 3.63) is 54.6 Å². The van der Waals surface area contributed by atoms with Crippen molar-refractivity contribution >= 4 is 35.2 Å². The lowest BCUT2D eigenvalue weighted by molar-refractivity contribution is -0.146. The highest BCUT2D eigenvalue weighted by molar-refractivity contribution is 8.02. The Morgan fingerprint density at radius 1 is 1.18 bits per heavy atom. The van der Waals surface area contributed by atoms with E-state index in [1.165, 1.54) is 0 Å². The number of hydrogen-bond donors (Lipinski definition) is 1. The third kappa shape index (κ3) is 4.51. The van der Waals surface area contributed by atoms with Gasteiger partial charge in [-0.2, -0.15) is 0 Å². The van der Waals surface area contributed by atoms with Crippen LogP contribution in [-0.2, 0) is 14.4 Å². The highest BCUT2D eigenvalue weighted by atomic mass is 32.2. The molecule has 218 valence electrons. The van der Waals surface area contributed by atoms with E-state index in [2.05, 4.69) is 20.1 Å². The molecule has 0 aromatic heterocycles. The Labute approximate surface area is 243 Å². The van der Waals surface area contributed by atoms with E-state index in [1.807, 2.05) is 45.9 Å². The van der Waals surface area contributed by atoms with E-state index in [1.54, 1.807) is 45.7 Å². The molecule has 7 nitrogen and oxygen atoms in total. The molecule has 3 aliphatic heterocycles. The number of likely N-dealkylation sites (tertiary alicyclic amines) is 1. The topological polar surface area (TPSA) is 81.2 Å². The van der Waals surface area contributed by atoms with Crippen LogP contribution in [0.25, 0.3) is 0 Å². The minimum atomic E-state index is -0.801. The van der Waals surface area contributed by atoms with Crippen molar-refractivity contribution in [1.82, 2.24) is 9.80 Å². The van der Waals surface area contributed by atoms with Gasteiger partial charge in [0.1, 0.15) is 6.04 Å². The molecule has 3 heterocycles. The fourth-order valence-electron chi connectivity index (χ4n) is 7.51. The van der Waals surface area contributed by atoms with Crippen molar-refractivity contribution in [1.29, 1.82) is 0 Å². The quantitative estimate of drug-likeness (QED) is 0.402. The summed E-state index contributed by atoms with van der Waals surface area (Å²) in [4.78, 5) is 48.6. The number of hydrogen-bond acceptors (Lipinski definition) is 5. The SMILES string of the molecule is C=CCN(C)C(=O)[C@@H]1[C@H]2C(=O)N([C@@H](CO)[C@@H](C)CC)C(C(=O)N(CC=C)c3c(C)cccc3C)C23CC[C@@]1(C)S3. The Morgan fingerprint density at radius 2 is 1.80 bits per heavy atom. The van der Waals surface area contributed by atoms with Gasteiger partial charge in [0.25, 0.3) is 5.91 Å². The molecule has 1 spiro atoms. The van der Waals surface area contributed by atoms with Gasteiger partial charge >= 0.3 is 0 Å². The summed E-state index contributed by atoms with van der Waals surface area (Å²) in [6.45, 7) is 18.3. The predicted molar refractivity (Wildman–Crippen MR) is 162 cm³/mol. The van der Waals surface area contributed by atoms with Crippen LogP contribution >= 0.6 is 11.8 Å². The molecular formula is C32H45N3O4S. The van der Waals surface area contributed by atoms with Gasteiger partial charge in [0.15, 0.2) is 0 Å². The fourth-order valence-corrected chi connectivity index (χ4v) is 9.84. The molecule has 0 aliphatic carbocycles. The van der Waals surface area contributed by atoms with Gasteiger partial charge in [0.05, 0.1) is 29.2 Å². The van der Waals surface area contributed by atoms with E-state index in [0.717, 1.165) is 29.7 Å². The molecule has 7 atom stereocenters. The minimum absolute atomic E-state index is 0.0251. The summed E-state index contributed by atoms with van der Waals surface area (Å²) in [6.07, 6.45) is 5.56. The van der Waals surface area contributed by atoms with E-state index < -0.39 is 33.4 Å². The average molecular weight is 568 g/mol. The van der Waals surface area contributed by atoms with Gasteiger partial charge in [-0.3, -0.25) is 14.4 Å². The van der Waals surface area contributed by atoms with E-state index in [4.69, 9.17) is 0 Å². The number of para-hydroxylation sites is 1. The number of carbonyl (C=O) groups is 3. The van der Waals surface area contributed by atoms with Crippen molar-refractivity contribution in [3.63, 3.8) is 0 Å². The number of aryl methyl sites for hydroxylation is 2. The molecule has 40 heavy (non-hydrogen) atoms. The van der Waals surface area contributed by atoms with Crippen molar-refractivity contribution in [2.45, 2.75) is 75.5 Å². The molecule has 4 rings (SSSR count). The summed E-state index contributed by atoms with van der Waals surface area (Å²) in [5.41, 5.74) is 2.76. The monoisotopic (exact) mass is 567 g/mol. The number of nitrogens with zero attached hydrogens (tertiary/aromatic N) is 3. The summed E-state index contributed by atoms with van der Waals surface area (Å²) >= 11 is 1.66. The number of aliphatic hydroxyl groups excluding tert-OH is 1. The van der Waals surface area contributed by atoms with Crippen LogP contribution in [0.2, 0.25) is 0 Å². The number of thioether (sulfide) groups is 1. The van der Waals surface area contributed by atoms with Crippen LogP contribution in [0.1, 0.15) is 51.2 Å². The number of anilines is 1. The highest BCUT2D eigenvalue weighted by Crippen LogP contribution is 2.72. The van der Waals surface area contributed by atoms with Crippen LogP contribution in [0.3, 0.4) is 0 Å². The number of fused-ring (bicyclic) bond motifs is 1. The summed E-state index contributed by atoms with van der Waals surface area (Å²) in [7, 11) is 1.75. The summed E-state index contributed by atoms with van der Waals surface area (Å²) in [5, 5.41) is 10.6. The first-order valence-corrected chi connectivity index (χ1v) is 15.2. The Hall–Kier alpha value is -2.58. The van der Waals surface area contributed by atoms with Gasteiger partial charge in [-0.25, -0.2) is 0 Å². The normalized spacial score (nSPS) is 30.1.